The first-order valence-corrected chi connectivity index (χ1v) is 9.13. The summed E-state index contributed by atoms with van der Waals surface area (Å²) in [6.07, 6.45) is 3.10. The maximum atomic E-state index is 11.9. The van der Waals surface area contributed by atoms with Gasteiger partial charge in [-0.25, -0.2) is 4.21 Å². The molecule has 0 aliphatic carbocycles. The standard InChI is InChI=1S/C17H19BrN2O3S/c1-17(2,3)24(21)20-10-12-5-6-14(11-19-12)23-16-8-7-13(22-4)9-15(16)18/h5-11H,1-4H3/t24-/m0/s1. The number of ether oxygens (including phenoxy) is 2. The van der Waals surface area contributed by atoms with Crippen LogP contribution in [0.25, 0.3) is 0 Å². The molecule has 5 nitrogen and oxygen atoms in total. The van der Waals surface area contributed by atoms with Gasteiger partial charge in [-0.05, 0) is 67.0 Å². The molecule has 0 unspecified atom stereocenters. The molecule has 1 heterocycles. The number of benzene rings is 1. The third kappa shape index (κ3) is 5.14. The number of aromatic nitrogens is 1. The quantitative estimate of drug-likeness (QED) is 0.679. The van der Waals surface area contributed by atoms with Gasteiger partial charge in [0, 0.05) is 0 Å². The topological polar surface area (TPSA) is 60.8 Å². The van der Waals surface area contributed by atoms with Gasteiger partial charge in [-0.1, -0.05) is 0 Å². The first-order valence-electron chi connectivity index (χ1n) is 7.23. The first-order chi connectivity index (χ1) is 11.3. The third-order valence-electron chi connectivity index (χ3n) is 2.93. The van der Waals surface area contributed by atoms with Crippen molar-refractivity contribution in [2.24, 2.45) is 4.40 Å². The van der Waals surface area contributed by atoms with Gasteiger partial charge < -0.3 is 9.47 Å². The van der Waals surface area contributed by atoms with Crippen molar-refractivity contribution in [2.75, 3.05) is 7.11 Å². The molecule has 0 radical (unpaired) electrons. The third-order valence-corrected chi connectivity index (χ3v) is 4.89. The van der Waals surface area contributed by atoms with Crippen molar-refractivity contribution in [3.63, 3.8) is 0 Å². The van der Waals surface area contributed by atoms with Crippen molar-refractivity contribution in [3.8, 4) is 17.2 Å². The van der Waals surface area contributed by atoms with E-state index in [1.54, 1.807) is 25.4 Å². The van der Waals surface area contributed by atoms with Gasteiger partial charge in [-0.3, -0.25) is 4.98 Å². The van der Waals surface area contributed by atoms with Gasteiger partial charge in [0.25, 0.3) is 0 Å². The van der Waals surface area contributed by atoms with Crippen LogP contribution >= 0.6 is 15.9 Å². The van der Waals surface area contributed by atoms with E-state index >= 15 is 0 Å². The van der Waals surface area contributed by atoms with Crippen LogP contribution in [0.1, 0.15) is 26.5 Å². The molecule has 0 aliphatic heterocycles. The van der Waals surface area contributed by atoms with E-state index in [2.05, 4.69) is 25.3 Å². The summed E-state index contributed by atoms with van der Waals surface area (Å²) in [6, 6.07) is 8.99. The molecule has 1 aromatic carbocycles. The number of nitrogens with zero attached hydrogens (tertiary/aromatic N) is 2. The Morgan fingerprint density at radius 3 is 2.46 bits per heavy atom. The lowest BCUT2D eigenvalue weighted by molar-refractivity contribution is 0.412. The summed E-state index contributed by atoms with van der Waals surface area (Å²) in [6.45, 7) is 5.62. The molecule has 0 saturated carbocycles. The zero-order valence-corrected chi connectivity index (χ0v) is 16.3. The normalized spacial score (nSPS) is 13.0. The minimum absolute atomic E-state index is 0.389. The Morgan fingerprint density at radius 2 is 1.92 bits per heavy atom. The number of halogens is 1. The Kier molecular flexibility index (Phi) is 6.12. The molecule has 0 spiro atoms. The van der Waals surface area contributed by atoms with Gasteiger partial charge in [-0.2, -0.15) is 4.40 Å². The molecule has 0 N–H and O–H groups in total. The second-order valence-electron chi connectivity index (χ2n) is 5.91. The molecule has 0 amide bonds. The van der Waals surface area contributed by atoms with Crippen molar-refractivity contribution < 1.29 is 13.7 Å². The van der Waals surface area contributed by atoms with Crippen LogP contribution in [0.5, 0.6) is 17.2 Å². The number of hydrogen-bond acceptors (Lipinski definition) is 4. The van der Waals surface area contributed by atoms with E-state index < -0.39 is 11.0 Å². The Labute approximate surface area is 152 Å². The molecular weight excluding hydrogens is 392 g/mol. The summed E-state index contributed by atoms with van der Waals surface area (Å²) in [4.78, 5) is 4.24. The summed E-state index contributed by atoms with van der Waals surface area (Å²) >= 11 is 3.44. The van der Waals surface area contributed by atoms with Crippen molar-refractivity contribution in [1.82, 2.24) is 4.98 Å². The molecule has 1 atom stereocenters. The SMILES string of the molecule is COc1ccc(Oc2ccc(C=N[S@@](=O)C(C)(C)C)nc2)c(Br)c1. The average Bonchev–Trinajstić information content (AvgIpc) is 2.54. The van der Waals surface area contributed by atoms with E-state index in [0.717, 1.165) is 10.2 Å². The molecular formula is C17H19BrN2O3S. The second-order valence-corrected chi connectivity index (χ2v) is 8.70. The van der Waals surface area contributed by atoms with Gasteiger partial charge in [0.2, 0.25) is 0 Å². The van der Waals surface area contributed by atoms with Gasteiger partial charge in [-0.15, -0.1) is 0 Å². The minimum Gasteiger partial charge on any atom is -0.497 e. The van der Waals surface area contributed by atoms with E-state index in [-0.39, 0.29) is 4.75 Å². The fraction of sp³-hybridized carbons (Fsp3) is 0.294. The summed E-state index contributed by atoms with van der Waals surface area (Å²) in [7, 11) is 0.309. The van der Waals surface area contributed by atoms with Gasteiger partial charge in [0.05, 0.1) is 34.4 Å². The molecule has 128 valence electrons. The summed E-state index contributed by atoms with van der Waals surface area (Å²) < 4.78 is 27.2. The maximum absolute atomic E-state index is 11.9. The number of rotatable bonds is 5. The van der Waals surface area contributed by atoms with Crippen LogP contribution in [0.2, 0.25) is 0 Å². The van der Waals surface area contributed by atoms with Crippen LogP contribution in [-0.4, -0.2) is 27.3 Å². The molecule has 1 aromatic heterocycles. The second kappa shape index (κ2) is 7.90. The Hall–Kier alpha value is -1.73. The van der Waals surface area contributed by atoms with Crippen LogP contribution < -0.4 is 9.47 Å². The number of hydrogen-bond donors (Lipinski definition) is 0. The fourth-order valence-corrected chi connectivity index (χ4v) is 2.57. The molecule has 0 fully saturated rings. The predicted molar refractivity (Wildman–Crippen MR) is 100 cm³/mol. The highest BCUT2D eigenvalue weighted by Crippen LogP contribution is 2.32. The lowest BCUT2D eigenvalue weighted by Gasteiger charge is -2.12. The lowest BCUT2D eigenvalue weighted by Crippen LogP contribution is -2.19. The lowest BCUT2D eigenvalue weighted by atomic mass is 10.3. The maximum Gasteiger partial charge on any atom is 0.145 e. The first kappa shape index (κ1) is 18.6. The predicted octanol–water partition coefficient (Wildman–Crippen LogP) is 4.53. The van der Waals surface area contributed by atoms with E-state index in [0.29, 0.717) is 17.2 Å². The smallest absolute Gasteiger partial charge is 0.145 e. The van der Waals surface area contributed by atoms with Crippen LogP contribution in [0.15, 0.2) is 45.4 Å². The molecule has 24 heavy (non-hydrogen) atoms. The Balaban J connectivity index is 2.07. The highest BCUT2D eigenvalue weighted by molar-refractivity contribution is 9.10. The Morgan fingerprint density at radius 1 is 1.21 bits per heavy atom. The van der Waals surface area contributed by atoms with Gasteiger partial charge >= 0.3 is 0 Å². The number of pyridine rings is 1. The van der Waals surface area contributed by atoms with Crippen molar-refractivity contribution in [1.29, 1.82) is 0 Å². The molecule has 0 aliphatic rings. The van der Waals surface area contributed by atoms with E-state index in [4.69, 9.17) is 9.47 Å². The molecule has 2 rings (SSSR count). The van der Waals surface area contributed by atoms with Crippen LogP contribution in [0, 0.1) is 0 Å². The van der Waals surface area contributed by atoms with E-state index in [9.17, 15) is 4.21 Å². The number of methoxy groups -OCH3 is 1. The largest absolute Gasteiger partial charge is 0.497 e. The zero-order chi connectivity index (χ0) is 17.7. The molecule has 7 heteroatoms. The summed E-state index contributed by atoms with van der Waals surface area (Å²) in [5.74, 6) is 1.99. The van der Waals surface area contributed by atoms with Crippen LogP contribution in [-0.2, 0) is 11.0 Å². The average molecular weight is 411 g/mol. The molecule has 0 bridgehead atoms. The Bertz CT molecular complexity index is 755. The summed E-state index contributed by atoms with van der Waals surface area (Å²) in [5.41, 5.74) is 0.619. The van der Waals surface area contributed by atoms with Crippen molar-refractivity contribution in [2.45, 2.75) is 25.5 Å². The fourth-order valence-electron chi connectivity index (χ4n) is 1.61. The van der Waals surface area contributed by atoms with Gasteiger partial charge in [0.1, 0.15) is 28.2 Å². The van der Waals surface area contributed by atoms with Crippen molar-refractivity contribution in [3.05, 3.63) is 46.7 Å². The highest BCUT2D eigenvalue weighted by atomic mass is 79.9. The van der Waals surface area contributed by atoms with E-state index in [1.807, 2.05) is 39.0 Å². The van der Waals surface area contributed by atoms with Crippen molar-refractivity contribution >= 4 is 33.1 Å². The summed E-state index contributed by atoms with van der Waals surface area (Å²) in [5, 5.41) is 0. The van der Waals surface area contributed by atoms with Gasteiger partial charge in [0.15, 0.2) is 0 Å². The molecule has 2 aromatic rings. The van der Waals surface area contributed by atoms with Crippen LogP contribution in [0.4, 0.5) is 0 Å². The monoisotopic (exact) mass is 410 g/mol. The van der Waals surface area contributed by atoms with Crippen LogP contribution in [0.3, 0.4) is 0 Å². The zero-order valence-electron chi connectivity index (χ0n) is 13.9. The van der Waals surface area contributed by atoms with E-state index in [1.165, 1.54) is 6.21 Å². The molecule has 0 saturated heterocycles. The highest BCUT2D eigenvalue weighted by Gasteiger charge is 2.18. The minimum atomic E-state index is -1.30.